The molecule has 2 aliphatic heterocycles. The van der Waals surface area contributed by atoms with E-state index in [4.69, 9.17) is 13.7 Å². The Kier molecular flexibility index (Phi) is 5.99. The van der Waals surface area contributed by atoms with E-state index < -0.39 is 26.6 Å². The Bertz CT molecular complexity index is 901. The lowest BCUT2D eigenvalue weighted by atomic mass is 9.78. The van der Waals surface area contributed by atoms with Crippen LogP contribution in [0.2, 0.25) is 18.1 Å². The third kappa shape index (κ3) is 4.47. The van der Waals surface area contributed by atoms with Gasteiger partial charge in [-0.15, -0.1) is 0 Å². The number of rotatable bonds is 4. The molecule has 0 aromatic heterocycles. The summed E-state index contributed by atoms with van der Waals surface area (Å²) in [6, 6.07) is 7.73. The maximum atomic E-state index is 12.8. The van der Waals surface area contributed by atoms with E-state index in [1.165, 1.54) is 0 Å². The van der Waals surface area contributed by atoms with Crippen LogP contribution in [-0.4, -0.2) is 45.2 Å². The standard InChI is InChI=1S/C23H35BN2O4Si/c1-21(2,3)31(8,9)28-18-13-20(27)26(15-18)19-11-10-17(12-16(19)14-25)24-29-22(4,5)23(6,7)30-24/h10-12,18H,13,15H2,1-9H3/t18-/m1/s1. The van der Waals surface area contributed by atoms with Gasteiger partial charge in [0.1, 0.15) is 6.07 Å². The fourth-order valence-corrected chi connectivity index (χ4v) is 4.93. The lowest BCUT2D eigenvalue weighted by Crippen LogP contribution is -2.44. The van der Waals surface area contributed by atoms with Crippen LogP contribution in [0.5, 0.6) is 0 Å². The highest BCUT2D eigenvalue weighted by Crippen LogP contribution is 2.39. The lowest BCUT2D eigenvalue weighted by Gasteiger charge is -2.38. The van der Waals surface area contributed by atoms with Crippen molar-refractivity contribution >= 4 is 32.5 Å². The monoisotopic (exact) mass is 442 g/mol. The number of benzene rings is 1. The smallest absolute Gasteiger partial charge is 0.412 e. The van der Waals surface area contributed by atoms with Crippen molar-refractivity contribution in [3.8, 4) is 6.07 Å². The predicted molar refractivity (Wildman–Crippen MR) is 126 cm³/mol. The Morgan fingerprint density at radius 3 is 2.29 bits per heavy atom. The van der Waals surface area contributed by atoms with Crippen molar-refractivity contribution in [2.45, 2.75) is 90.3 Å². The van der Waals surface area contributed by atoms with Crippen LogP contribution in [0.25, 0.3) is 0 Å². The summed E-state index contributed by atoms with van der Waals surface area (Å²) in [5, 5.41) is 9.88. The lowest BCUT2D eigenvalue weighted by molar-refractivity contribution is -0.117. The maximum absolute atomic E-state index is 12.8. The summed E-state index contributed by atoms with van der Waals surface area (Å²) >= 11 is 0. The van der Waals surface area contributed by atoms with Gasteiger partial charge in [0.05, 0.1) is 41.5 Å². The highest BCUT2D eigenvalue weighted by atomic mass is 28.4. The normalized spacial score (nSPS) is 23.4. The topological polar surface area (TPSA) is 71.8 Å². The van der Waals surface area contributed by atoms with E-state index in [1.54, 1.807) is 11.0 Å². The number of anilines is 1. The summed E-state index contributed by atoms with van der Waals surface area (Å²) in [5.41, 5.74) is 0.924. The van der Waals surface area contributed by atoms with Gasteiger partial charge in [0.2, 0.25) is 5.91 Å². The number of hydrogen-bond donors (Lipinski definition) is 0. The summed E-state index contributed by atoms with van der Waals surface area (Å²) in [4.78, 5) is 14.5. The van der Waals surface area contributed by atoms with Crippen LogP contribution in [-0.2, 0) is 18.5 Å². The quantitative estimate of drug-likeness (QED) is 0.660. The molecule has 0 saturated carbocycles. The van der Waals surface area contributed by atoms with E-state index in [2.05, 4.69) is 39.9 Å². The van der Waals surface area contributed by atoms with Crippen molar-refractivity contribution in [3.05, 3.63) is 23.8 Å². The largest absolute Gasteiger partial charge is 0.494 e. The van der Waals surface area contributed by atoms with Crippen LogP contribution in [0.4, 0.5) is 5.69 Å². The van der Waals surface area contributed by atoms with Crippen LogP contribution < -0.4 is 10.4 Å². The molecule has 0 aliphatic carbocycles. The molecule has 2 fully saturated rings. The average Bonchev–Trinajstić information content (AvgIpc) is 3.08. The van der Waals surface area contributed by atoms with Crippen LogP contribution >= 0.6 is 0 Å². The number of hydrogen-bond acceptors (Lipinski definition) is 5. The van der Waals surface area contributed by atoms with E-state index in [-0.39, 0.29) is 17.0 Å². The zero-order valence-corrected chi connectivity index (χ0v) is 21.3. The Hall–Kier alpha value is -1.66. The van der Waals surface area contributed by atoms with Crippen LogP contribution in [0.15, 0.2) is 18.2 Å². The highest BCUT2D eigenvalue weighted by Gasteiger charge is 2.52. The van der Waals surface area contributed by atoms with Gasteiger partial charge in [0.25, 0.3) is 0 Å². The van der Waals surface area contributed by atoms with Gasteiger partial charge in [-0.3, -0.25) is 4.79 Å². The van der Waals surface area contributed by atoms with E-state index in [9.17, 15) is 10.1 Å². The highest BCUT2D eigenvalue weighted by molar-refractivity contribution is 6.74. The van der Waals surface area contributed by atoms with Crippen molar-refractivity contribution in [2.75, 3.05) is 11.4 Å². The number of nitriles is 1. The van der Waals surface area contributed by atoms with E-state index >= 15 is 0 Å². The first-order chi connectivity index (χ1) is 14.1. The molecule has 2 aliphatic rings. The Labute approximate surface area is 188 Å². The van der Waals surface area contributed by atoms with Gasteiger partial charge in [-0.2, -0.15) is 5.26 Å². The van der Waals surface area contributed by atoms with Gasteiger partial charge in [-0.25, -0.2) is 0 Å². The van der Waals surface area contributed by atoms with Crippen LogP contribution in [0.1, 0.15) is 60.5 Å². The van der Waals surface area contributed by atoms with Gasteiger partial charge in [-0.05, 0) is 63.4 Å². The molecule has 31 heavy (non-hydrogen) atoms. The second-order valence-electron chi connectivity index (χ2n) is 11.2. The van der Waals surface area contributed by atoms with Gasteiger partial charge in [-0.1, -0.05) is 26.8 Å². The predicted octanol–water partition coefficient (Wildman–Crippen LogP) is 3.98. The molecule has 6 nitrogen and oxygen atoms in total. The van der Waals surface area contributed by atoms with Gasteiger partial charge in [0, 0.05) is 0 Å². The summed E-state index contributed by atoms with van der Waals surface area (Å²) < 4.78 is 18.7. The fourth-order valence-electron chi connectivity index (χ4n) is 3.58. The van der Waals surface area contributed by atoms with Crippen LogP contribution in [0, 0.1) is 11.3 Å². The Balaban J connectivity index is 1.81. The molecule has 2 heterocycles. The summed E-state index contributed by atoms with van der Waals surface area (Å²) in [6.07, 6.45) is 0.193. The molecule has 1 atom stereocenters. The summed E-state index contributed by atoms with van der Waals surface area (Å²) in [7, 11) is -2.53. The number of carbonyl (C=O) groups excluding carboxylic acids is 1. The van der Waals surface area contributed by atoms with Crippen LogP contribution in [0.3, 0.4) is 0 Å². The zero-order chi connectivity index (χ0) is 23.4. The van der Waals surface area contributed by atoms with Crippen molar-refractivity contribution in [2.24, 2.45) is 0 Å². The minimum Gasteiger partial charge on any atom is -0.412 e. The van der Waals surface area contributed by atoms with Crippen molar-refractivity contribution in [3.63, 3.8) is 0 Å². The van der Waals surface area contributed by atoms with E-state index in [0.29, 0.717) is 24.2 Å². The summed E-state index contributed by atoms with van der Waals surface area (Å²) in [6.45, 7) is 19.4. The SMILES string of the molecule is CC1(C)OB(c2ccc(N3C[C@H](O[Si](C)(C)C(C)(C)C)CC3=O)c(C#N)c2)OC1(C)C. The second-order valence-corrected chi connectivity index (χ2v) is 15.9. The second kappa shape index (κ2) is 7.73. The molecular formula is C23H35BN2O4Si. The van der Waals surface area contributed by atoms with Crippen molar-refractivity contribution in [1.82, 2.24) is 0 Å². The van der Waals surface area contributed by atoms with Gasteiger partial charge < -0.3 is 18.6 Å². The van der Waals surface area contributed by atoms with Crippen molar-refractivity contribution < 1.29 is 18.5 Å². The third-order valence-corrected chi connectivity index (χ3v) is 11.8. The molecule has 3 rings (SSSR count). The molecule has 8 heteroatoms. The molecule has 0 radical (unpaired) electrons. The molecule has 2 saturated heterocycles. The number of nitrogens with zero attached hydrogens (tertiary/aromatic N) is 2. The van der Waals surface area contributed by atoms with Gasteiger partial charge >= 0.3 is 7.12 Å². The molecule has 1 amide bonds. The third-order valence-electron chi connectivity index (χ3n) is 7.31. The first-order valence-corrected chi connectivity index (χ1v) is 13.9. The molecule has 0 bridgehead atoms. The molecule has 1 aromatic rings. The first kappa shape index (κ1) is 24.0. The molecule has 1 aromatic carbocycles. The zero-order valence-electron chi connectivity index (χ0n) is 20.3. The molecule has 0 N–H and O–H groups in total. The minimum absolute atomic E-state index is 0.0106. The first-order valence-electron chi connectivity index (χ1n) is 11.0. The molecule has 0 spiro atoms. The fraction of sp³-hybridized carbons (Fsp3) is 0.652. The average molecular weight is 442 g/mol. The number of carbonyl (C=O) groups is 1. The molecular weight excluding hydrogens is 407 g/mol. The molecule has 0 unspecified atom stereocenters. The van der Waals surface area contributed by atoms with E-state index in [0.717, 1.165) is 5.46 Å². The van der Waals surface area contributed by atoms with Gasteiger partial charge in [0.15, 0.2) is 8.32 Å². The summed E-state index contributed by atoms with van der Waals surface area (Å²) in [5.74, 6) is -0.0106. The number of amides is 1. The Morgan fingerprint density at radius 2 is 1.77 bits per heavy atom. The van der Waals surface area contributed by atoms with E-state index in [1.807, 2.05) is 39.8 Å². The molecule has 168 valence electrons. The minimum atomic E-state index is -1.98. The Morgan fingerprint density at radius 1 is 1.19 bits per heavy atom. The maximum Gasteiger partial charge on any atom is 0.494 e. The van der Waals surface area contributed by atoms with Crippen molar-refractivity contribution in [1.29, 1.82) is 5.26 Å².